The fourth-order valence-corrected chi connectivity index (χ4v) is 0.440. The van der Waals surface area contributed by atoms with Gasteiger partial charge in [-0.15, -0.1) is 12.4 Å². The SMILES string of the molecule is Cl.N[C@H]([C@H](O)CO)[C@@H](O)C=O. The second kappa shape index (κ2) is 6.51. The Morgan fingerprint density at radius 3 is 2.18 bits per heavy atom. The van der Waals surface area contributed by atoms with E-state index in [1.165, 1.54) is 0 Å². The van der Waals surface area contributed by atoms with E-state index in [2.05, 4.69) is 0 Å². The van der Waals surface area contributed by atoms with Gasteiger partial charge in [0.1, 0.15) is 12.4 Å². The van der Waals surface area contributed by atoms with E-state index in [1.807, 2.05) is 0 Å². The lowest BCUT2D eigenvalue weighted by Gasteiger charge is -2.17. The first-order valence-electron chi connectivity index (χ1n) is 2.81. The van der Waals surface area contributed by atoms with Crippen LogP contribution in [0.15, 0.2) is 0 Å². The molecule has 0 saturated heterocycles. The van der Waals surface area contributed by atoms with Gasteiger partial charge in [-0.3, -0.25) is 0 Å². The number of aliphatic hydroxyl groups excluding tert-OH is 3. The van der Waals surface area contributed by atoms with E-state index in [-0.39, 0.29) is 18.7 Å². The summed E-state index contributed by atoms with van der Waals surface area (Å²) in [5, 5.41) is 25.7. The average molecular weight is 186 g/mol. The molecule has 0 aromatic rings. The summed E-state index contributed by atoms with van der Waals surface area (Å²) in [6.07, 6.45) is -2.45. The molecule has 11 heavy (non-hydrogen) atoms. The first-order valence-corrected chi connectivity index (χ1v) is 2.81. The molecule has 0 rings (SSSR count). The monoisotopic (exact) mass is 185 g/mol. The lowest BCUT2D eigenvalue weighted by atomic mass is 10.1. The third-order valence-corrected chi connectivity index (χ3v) is 1.17. The fraction of sp³-hybridized carbons (Fsp3) is 0.800. The van der Waals surface area contributed by atoms with E-state index in [1.54, 1.807) is 0 Å². The standard InChI is InChI=1S/C5H11NO4.ClH/c6-5(3(9)1-7)4(10)2-8;/h1,3-5,8-10H,2,6H2;1H/t3-,4+,5-;/m0./s1. The maximum absolute atomic E-state index is 9.84. The smallest absolute Gasteiger partial charge is 0.150 e. The number of carbonyl (C=O) groups excluding carboxylic acids is 1. The number of carbonyl (C=O) groups is 1. The van der Waals surface area contributed by atoms with Gasteiger partial charge in [-0.05, 0) is 0 Å². The zero-order valence-electron chi connectivity index (χ0n) is 5.75. The van der Waals surface area contributed by atoms with Crippen molar-refractivity contribution >= 4 is 18.7 Å². The Morgan fingerprint density at radius 2 is 1.91 bits per heavy atom. The molecule has 0 aliphatic carbocycles. The summed E-state index contributed by atoms with van der Waals surface area (Å²) in [7, 11) is 0. The number of nitrogens with two attached hydrogens (primary N) is 1. The molecule has 0 aromatic carbocycles. The molecule has 0 saturated carbocycles. The molecule has 6 heteroatoms. The van der Waals surface area contributed by atoms with E-state index in [0.29, 0.717) is 0 Å². The van der Waals surface area contributed by atoms with Crippen molar-refractivity contribution in [2.45, 2.75) is 18.2 Å². The molecule has 5 nitrogen and oxygen atoms in total. The summed E-state index contributed by atoms with van der Waals surface area (Å²) in [4.78, 5) is 9.84. The van der Waals surface area contributed by atoms with E-state index >= 15 is 0 Å². The molecule has 0 aromatic heterocycles. The van der Waals surface area contributed by atoms with E-state index in [4.69, 9.17) is 21.1 Å². The topological polar surface area (TPSA) is 104 Å². The van der Waals surface area contributed by atoms with Crippen LogP contribution in [-0.2, 0) is 4.79 Å². The highest BCUT2D eigenvalue weighted by Gasteiger charge is 2.21. The molecule has 0 heterocycles. The molecule has 0 fully saturated rings. The van der Waals surface area contributed by atoms with Crippen LogP contribution in [0.1, 0.15) is 0 Å². The summed E-state index contributed by atoms with van der Waals surface area (Å²) in [6, 6.07) is -1.11. The molecule has 0 radical (unpaired) electrons. The average Bonchev–Trinajstić information content (AvgIpc) is 2.00. The highest BCUT2D eigenvalue weighted by atomic mass is 35.5. The van der Waals surface area contributed by atoms with Crippen molar-refractivity contribution in [2.75, 3.05) is 6.61 Å². The van der Waals surface area contributed by atoms with Gasteiger partial charge in [0.15, 0.2) is 0 Å². The van der Waals surface area contributed by atoms with Crippen LogP contribution in [0.2, 0.25) is 0 Å². The zero-order chi connectivity index (χ0) is 8.15. The third kappa shape index (κ3) is 4.28. The number of hydrogen-bond acceptors (Lipinski definition) is 5. The van der Waals surface area contributed by atoms with Crippen LogP contribution in [0.4, 0.5) is 0 Å². The van der Waals surface area contributed by atoms with Gasteiger partial charge in [-0.25, -0.2) is 0 Å². The lowest BCUT2D eigenvalue weighted by Crippen LogP contribution is -2.47. The molecular formula is C5H12ClNO4. The molecule has 0 unspecified atom stereocenters. The van der Waals surface area contributed by atoms with Crippen LogP contribution in [0.5, 0.6) is 0 Å². The minimum Gasteiger partial charge on any atom is -0.394 e. The number of halogens is 1. The molecule has 0 amide bonds. The second-order valence-corrected chi connectivity index (χ2v) is 1.95. The molecule has 5 N–H and O–H groups in total. The van der Waals surface area contributed by atoms with Gasteiger partial charge in [-0.1, -0.05) is 0 Å². The molecule has 0 bridgehead atoms. The molecule has 3 atom stereocenters. The Labute approximate surface area is 70.2 Å². The van der Waals surface area contributed by atoms with Crippen molar-refractivity contribution in [2.24, 2.45) is 5.73 Å². The minimum atomic E-state index is -1.41. The number of aldehydes is 1. The van der Waals surface area contributed by atoms with Crippen LogP contribution in [0.25, 0.3) is 0 Å². The van der Waals surface area contributed by atoms with E-state index in [9.17, 15) is 4.79 Å². The maximum atomic E-state index is 9.84. The largest absolute Gasteiger partial charge is 0.394 e. The van der Waals surface area contributed by atoms with Crippen molar-refractivity contribution < 1.29 is 20.1 Å². The minimum absolute atomic E-state index is 0. The van der Waals surface area contributed by atoms with Gasteiger partial charge >= 0.3 is 0 Å². The molecule has 0 aliphatic heterocycles. The van der Waals surface area contributed by atoms with Crippen molar-refractivity contribution in [3.05, 3.63) is 0 Å². The predicted molar refractivity (Wildman–Crippen MR) is 40.4 cm³/mol. The van der Waals surface area contributed by atoms with Gasteiger partial charge in [0.25, 0.3) is 0 Å². The first-order chi connectivity index (χ1) is 4.63. The maximum Gasteiger partial charge on any atom is 0.150 e. The summed E-state index contributed by atoms with van der Waals surface area (Å²) in [6.45, 7) is -0.563. The van der Waals surface area contributed by atoms with E-state index < -0.39 is 24.9 Å². The van der Waals surface area contributed by atoms with Gasteiger partial charge < -0.3 is 25.8 Å². The van der Waals surface area contributed by atoms with Gasteiger partial charge in [0.05, 0.1) is 18.8 Å². The van der Waals surface area contributed by atoms with Crippen LogP contribution in [-0.4, -0.2) is 46.5 Å². The highest BCUT2D eigenvalue weighted by molar-refractivity contribution is 5.85. The summed E-state index contributed by atoms with van der Waals surface area (Å²) >= 11 is 0. The zero-order valence-corrected chi connectivity index (χ0v) is 6.57. The number of rotatable bonds is 4. The molecule has 0 aliphatic rings. The predicted octanol–water partition coefficient (Wildman–Crippen LogP) is -2.35. The van der Waals surface area contributed by atoms with Crippen molar-refractivity contribution in [1.29, 1.82) is 0 Å². The summed E-state index contributed by atoms with van der Waals surface area (Å²) in [5.74, 6) is 0. The summed E-state index contributed by atoms with van der Waals surface area (Å²) < 4.78 is 0. The van der Waals surface area contributed by atoms with Gasteiger partial charge in [0, 0.05) is 0 Å². The van der Waals surface area contributed by atoms with Crippen LogP contribution in [0, 0.1) is 0 Å². The summed E-state index contributed by atoms with van der Waals surface area (Å²) in [5.41, 5.74) is 5.09. The van der Waals surface area contributed by atoms with Crippen LogP contribution >= 0.6 is 12.4 Å². The molecule has 0 spiro atoms. The normalized spacial score (nSPS) is 17.8. The van der Waals surface area contributed by atoms with Gasteiger partial charge in [0.2, 0.25) is 0 Å². The van der Waals surface area contributed by atoms with Crippen molar-refractivity contribution in [3.63, 3.8) is 0 Å². The van der Waals surface area contributed by atoms with Crippen LogP contribution < -0.4 is 5.73 Å². The Kier molecular flexibility index (Phi) is 7.92. The first kappa shape index (κ1) is 13.4. The highest BCUT2D eigenvalue weighted by Crippen LogP contribution is 1.93. The fourth-order valence-electron chi connectivity index (χ4n) is 0.440. The second-order valence-electron chi connectivity index (χ2n) is 1.95. The lowest BCUT2D eigenvalue weighted by molar-refractivity contribution is -0.117. The Bertz CT molecular complexity index is 113. The van der Waals surface area contributed by atoms with Crippen molar-refractivity contribution in [3.8, 4) is 0 Å². The molecular weight excluding hydrogens is 174 g/mol. The Balaban J connectivity index is 0. The number of aliphatic hydroxyl groups is 3. The van der Waals surface area contributed by atoms with Crippen molar-refractivity contribution in [1.82, 2.24) is 0 Å². The Morgan fingerprint density at radius 1 is 1.45 bits per heavy atom. The third-order valence-electron chi connectivity index (χ3n) is 1.17. The van der Waals surface area contributed by atoms with Gasteiger partial charge in [-0.2, -0.15) is 0 Å². The van der Waals surface area contributed by atoms with Crippen LogP contribution in [0.3, 0.4) is 0 Å². The Hall–Kier alpha value is -0.200. The quantitative estimate of drug-likeness (QED) is 0.367. The molecule has 68 valence electrons. The number of hydrogen-bond donors (Lipinski definition) is 4. The van der Waals surface area contributed by atoms with E-state index in [0.717, 1.165) is 0 Å².